The molecule has 0 aliphatic heterocycles. The molecule has 0 N–H and O–H groups in total. The van der Waals surface area contributed by atoms with Gasteiger partial charge in [-0.15, -0.1) is 0 Å². The first-order chi connectivity index (χ1) is 5.81. The molecule has 0 aromatic heterocycles. The van der Waals surface area contributed by atoms with Crippen molar-refractivity contribution in [3.05, 3.63) is 0 Å². The summed E-state index contributed by atoms with van der Waals surface area (Å²) in [6.07, 6.45) is 2.20. The molecule has 0 fully saturated rings. The highest BCUT2D eigenvalue weighted by Gasteiger charge is 2.00. The summed E-state index contributed by atoms with van der Waals surface area (Å²) in [4.78, 5) is 10.6. The van der Waals surface area contributed by atoms with Crippen molar-refractivity contribution >= 4 is 6.16 Å². The molecule has 12 heavy (non-hydrogen) atoms. The number of hydrogen-bond acceptors (Lipinski definition) is 4. The number of carbonyl (C=O) groups is 1. The van der Waals surface area contributed by atoms with Crippen molar-refractivity contribution in [1.29, 1.82) is 5.26 Å². The minimum atomic E-state index is -0.757. The maximum Gasteiger partial charge on any atom is 0.509 e. The lowest BCUT2D eigenvalue weighted by Gasteiger charge is -2.01. The highest BCUT2D eigenvalue weighted by molar-refractivity contribution is 5.59. The predicted molar refractivity (Wildman–Crippen MR) is 42.4 cm³/mol. The topological polar surface area (TPSA) is 59.3 Å². The molecule has 0 atom stereocenters. The highest BCUT2D eigenvalue weighted by atomic mass is 16.7. The summed E-state index contributed by atoms with van der Waals surface area (Å²) < 4.78 is 8.98. The van der Waals surface area contributed by atoms with E-state index < -0.39 is 6.16 Å². The van der Waals surface area contributed by atoms with Gasteiger partial charge in [-0.25, -0.2) is 4.79 Å². The second-order valence-electron chi connectivity index (χ2n) is 2.25. The van der Waals surface area contributed by atoms with Crippen LogP contribution in [0.3, 0.4) is 0 Å². The van der Waals surface area contributed by atoms with Crippen LogP contribution in [0, 0.1) is 11.3 Å². The van der Waals surface area contributed by atoms with Gasteiger partial charge in [-0.05, 0) is 6.42 Å². The van der Waals surface area contributed by atoms with Crippen molar-refractivity contribution in [2.45, 2.75) is 26.2 Å². The largest absolute Gasteiger partial charge is 0.509 e. The molecule has 0 radical (unpaired) electrons. The van der Waals surface area contributed by atoms with Crippen molar-refractivity contribution in [3.8, 4) is 6.07 Å². The van der Waals surface area contributed by atoms with Gasteiger partial charge in [0.05, 0.1) is 6.61 Å². The number of rotatable bonds is 5. The van der Waals surface area contributed by atoms with Gasteiger partial charge in [-0.2, -0.15) is 5.26 Å². The Morgan fingerprint density at radius 3 is 2.75 bits per heavy atom. The molecule has 0 saturated carbocycles. The lowest BCUT2D eigenvalue weighted by molar-refractivity contribution is 0.0630. The Balaban J connectivity index is 3.15. The van der Waals surface area contributed by atoms with Crippen LogP contribution in [0.15, 0.2) is 0 Å². The number of unbranched alkanes of at least 4 members (excludes halogenated alkanes) is 2. The minimum absolute atomic E-state index is 0.243. The van der Waals surface area contributed by atoms with Gasteiger partial charge >= 0.3 is 6.16 Å². The van der Waals surface area contributed by atoms with E-state index in [9.17, 15) is 4.79 Å². The van der Waals surface area contributed by atoms with Crippen molar-refractivity contribution < 1.29 is 14.3 Å². The summed E-state index contributed by atoms with van der Waals surface area (Å²) in [6, 6.07) is 1.68. The first-order valence-corrected chi connectivity index (χ1v) is 3.97. The molecule has 4 nitrogen and oxygen atoms in total. The lowest BCUT2D eigenvalue weighted by atomic mass is 10.3. The minimum Gasteiger partial charge on any atom is -0.434 e. The fourth-order valence-electron chi connectivity index (χ4n) is 0.640. The van der Waals surface area contributed by atoms with E-state index in [4.69, 9.17) is 5.26 Å². The van der Waals surface area contributed by atoms with E-state index in [-0.39, 0.29) is 6.61 Å². The monoisotopic (exact) mass is 171 g/mol. The Kier molecular flexibility index (Phi) is 7.05. The third kappa shape index (κ3) is 6.87. The second-order valence-corrected chi connectivity index (χ2v) is 2.25. The maximum absolute atomic E-state index is 10.6. The molecule has 0 aromatic carbocycles. The molecular formula is C8H13NO3. The number of hydrogen-bond donors (Lipinski definition) is 0. The second kappa shape index (κ2) is 7.86. The van der Waals surface area contributed by atoms with Gasteiger partial charge < -0.3 is 9.47 Å². The van der Waals surface area contributed by atoms with Crippen LogP contribution in [-0.4, -0.2) is 19.4 Å². The number of nitrogens with zero attached hydrogens (tertiary/aromatic N) is 1. The predicted octanol–water partition coefficient (Wildman–Crippen LogP) is 1.85. The SMILES string of the molecule is CCCCCOC(=O)OCC#N. The van der Waals surface area contributed by atoms with Gasteiger partial charge in [0, 0.05) is 0 Å². The quantitative estimate of drug-likeness (QED) is 0.468. The van der Waals surface area contributed by atoms with Crippen LogP contribution in [0.1, 0.15) is 26.2 Å². The summed E-state index contributed by atoms with van der Waals surface area (Å²) >= 11 is 0. The van der Waals surface area contributed by atoms with Crippen LogP contribution in [0.4, 0.5) is 4.79 Å². The van der Waals surface area contributed by atoms with Crippen LogP contribution < -0.4 is 0 Å². The molecule has 4 heteroatoms. The Morgan fingerprint density at radius 2 is 2.17 bits per heavy atom. The van der Waals surface area contributed by atoms with Crippen LogP contribution in [0.25, 0.3) is 0 Å². The van der Waals surface area contributed by atoms with Crippen molar-refractivity contribution in [2.24, 2.45) is 0 Å². The van der Waals surface area contributed by atoms with Gasteiger partial charge in [-0.1, -0.05) is 19.8 Å². The summed E-state index contributed by atoms with van der Waals surface area (Å²) in [6.45, 7) is 2.19. The Labute approximate surface area is 72.1 Å². The first-order valence-electron chi connectivity index (χ1n) is 3.97. The molecule has 0 heterocycles. The van der Waals surface area contributed by atoms with E-state index >= 15 is 0 Å². The molecule has 0 unspecified atom stereocenters. The summed E-state index contributed by atoms with van der Waals surface area (Å²) in [5.41, 5.74) is 0. The molecule has 0 aliphatic rings. The number of nitriles is 1. The first kappa shape index (κ1) is 10.8. The van der Waals surface area contributed by atoms with Gasteiger partial charge in [0.1, 0.15) is 6.07 Å². The highest BCUT2D eigenvalue weighted by Crippen LogP contribution is 1.95. The van der Waals surface area contributed by atoms with E-state index in [1.54, 1.807) is 6.07 Å². The van der Waals surface area contributed by atoms with Crippen LogP contribution in [-0.2, 0) is 9.47 Å². The Bertz CT molecular complexity index is 162. The Morgan fingerprint density at radius 1 is 1.42 bits per heavy atom. The molecule has 0 spiro atoms. The summed E-state index contributed by atoms with van der Waals surface area (Å²) in [5.74, 6) is 0. The average molecular weight is 171 g/mol. The molecule has 0 rings (SSSR count). The maximum atomic E-state index is 10.6. The fraction of sp³-hybridized carbons (Fsp3) is 0.750. The third-order valence-electron chi connectivity index (χ3n) is 1.22. The molecule has 0 aromatic rings. The molecule has 0 saturated heterocycles. The molecule has 0 bridgehead atoms. The molecule has 0 amide bonds. The van der Waals surface area contributed by atoms with Gasteiger partial charge in [-0.3, -0.25) is 0 Å². The summed E-state index contributed by atoms with van der Waals surface area (Å²) in [5, 5.41) is 8.04. The van der Waals surface area contributed by atoms with E-state index in [1.807, 2.05) is 0 Å². The number of ether oxygens (including phenoxy) is 2. The third-order valence-corrected chi connectivity index (χ3v) is 1.22. The fourth-order valence-corrected chi connectivity index (χ4v) is 0.640. The van der Waals surface area contributed by atoms with Gasteiger partial charge in [0.25, 0.3) is 0 Å². The van der Waals surface area contributed by atoms with Crippen molar-refractivity contribution in [2.75, 3.05) is 13.2 Å². The van der Waals surface area contributed by atoms with Crippen LogP contribution >= 0.6 is 0 Å². The van der Waals surface area contributed by atoms with E-state index in [1.165, 1.54) is 0 Å². The van der Waals surface area contributed by atoms with Crippen LogP contribution in [0.5, 0.6) is 0 Å². The van der Waals surface area contributed by atoms with Crippen LogP contribution in [0.2, 0.25) is 0 Å². The van der Waals surface area contributed by atoms with Gasteiger partial charge in [0.2, 0.25) is 0 Å². The number of carbonyl (C=O) groups excluding carboxylic acids is 1. The molecular weight excluding hydrogens is 158 g/mol. The zero-order valence-electron chi connectivity index (χ0n) is 7.21. The zero-order chi connectivity index (χ0) is 9.23. The van der Waals surface area contributed by atoms with Crippen molar-refractivity contribution in [3.63, 3.8) is 0 Å². The standard InChI is InChI=1S/C8H13NO3/c1-2-3-4-6-11-8(10)12-7-5-9/h2-4,6-7H2,1H3. The van der Waals surface area contributed by atoms with Crippen molar-refractivity contribution in [1.82, 2.24) is 0 Å². The smallest absolute Gasteiger partial charge is 0.434 e. The van der Waals surface area contributed by atoms with E-state index in [2.05, 4.69) is 16.4 Å². The van der Waals surface area contributed by atoms with E-state index in [0.29, 0.717) is 6.61 Å². The molecule has 0 aliphatic carbocycles. The van der Waals surface area contributed by atoms with Gasteiger partial charge in [0.15, 0.2) is 6.61 Å². The lowest BCUT2D eigenvalue weighted by Crippen LogP contribution is -2.08. The van der Waals surface area contributed by atoms with E-state index in [0.717, 1.165) is 19.3 Å². The normalized spacial score (nSPS) is 8.67. The zero-order valence-corrected chi connectivity index (χ0v) is 7.21. The molecule has 68 valence electrons. The average Bonchev–Trinajstić information content (AvgIpc) is 2.09. The Hall–Kier alpha value is -1.24. The summed E-state index contributed by atoms with van der Waals surface area (Å²) in [7, 11) is 0.